The molecule has 0 atom stereocenters. The van der Waals surface area contributed by atoms with Crippen LogP contribution in [0.2, 0.25) is 0 Å². The van der Waals surface area contributed by atoms with Crippen LogP contribution in [0.25, 0.3) is 0 Å². The first-order chi connectivity index (χ1) is 6.36. The predicted molar refractivity (Wildman–Crippen MR) is 54.0 cm³/mol. The summed E-state index contributed by atoms with van der Waals surface area (Å²) >= 11 is 0. The van der Waals surface area contributed by atoms with E-state index in [-0.39, 0.29) is 0 Å². The molecule has 1 N–H and O–H groups in total. The molecule has 1 aromatic carbocycles. The quantitative estimate of drug-likeness (QED) is 0.563. The predicted octanol–water partition coefficient (Wildman–Crippen LogP) is 1.79. The smallest absolute Gasteiger partial charge is 0.119 e. The van der Waals surface area contributed by atoms with Gasteiger partial charge in [-0.25, -0.2) is 0 Å². The van der Waals surface area contributed by atoms with E-state index in [1.807, 2.05) is 31.2 Å². The van der Waals surface area contributed by atoms with Crippen LogP contribution in [0.4, 0.5) is 0 Å². The average molecular weight is 178 g/mol. The van der Waals surface area contributed by atoms with Crippen LogP contribution >= 0.6 is 0 Å². The third-order valence-corrected chi connectivity index (χ3v) is 1.64. The van der Waals surface area contributed by atoms with E-state index in [0.717, 1.165) is 17.9 Å². The Kier molecular flexibility index (Phi) is 3.82. The number of rotatable bonds is 4. The Labute approximate surface area is 78.4 Å². The van der Waals surface area contributed by atoms with Crippen LogP contribution in [0.3, 0.4) is 0 Å². The van der Waals surface area contributed by atoms with Gasteiger partial charge in [0.25, 0.3) is 0 Å². The minimum absolute atomic E-state index is 0.724. The number of hydrazone groups is 1. The summed E-state index contributed by atoms with van der Waals surface area (Å²) in [4.78, 5) is 0. The molecule has 0 saturated carbocycles. The van der Waals surface area contributed by atoms with Crippen LogP contribution in [0.15, 0.2) is 29.4 Å². The van der Waals surface area contributed by atoms with Gasteiger partial charge in [0.2, 0.25) is 0 Å². The Bertz CT molecular complexity index is 284. The molecule has 0 saturated heterocycles. The maximum absolute atomic E-state index is 5.09. The van der Waals surface area contributed by atoms with Gasteiger partial charge in [-0.15, -0.1) is 0 Å². The highest BCUT2D eigenvalue weighted by Crippen LogP contribution is 2.11. The lowest BCUT2D eigenvalue weighted by Gasteiger charge is -2.03. The lowest BCUT2D eigenvalue weighted by atomic mass is 10.2. The van der Waals surface area contributed by atoms with Crippen molar-refractivity contribution < 1.29 is 4.74 Å². The van der Waals surface area contributed by atoms with Crippen molar-refractivity contribution in [1.29, 1.82) is 0 Å². The van der Waals surface area contributed by atoms with Gasteiger partial charge < -0.3 is 10.2 Å². The van der Waals surface area contributed by atoms with Gasteiger partial charge in [0.1, 0.15) is 5.75 Å². The van der Waals surface area contributed by atoms with Gasteiger partial charge in [-0.1, -0.05) is 12.1 Å². The number of methoxy groups -OCH3 is 1. The standard InChI is InChI=1S/C10H14N2O/c1-3-11-12-8-9-5-4-6-10(7-9)13-2/h3-7,12H,8H2,1-2H3/b11-3-. The fourth-order valence-electron chi connectivity index (χ4n) is 1.01. The highest BCUT2D eigenvalue weighted by atomic mass is 16.5. The van der Waals surface area contributed by atoms with Crippen LogP contribution < -0.4 is 10.2 Å². The molecule has 1 rings (SSSR count). The number of hydrogen-bond donors (Lipinski definition) is 1. The van der Waals surface area contributed by atoms with Crippen molar-refractivity contribution in [2.45, 2.75) is 13.5 Å². The summed E-state index contributed by atoms with van der Waals surface area (Å²) in [7, 11) is 1.66. The van der Waals surface area contributed by atoms with Crippen molar-refractivity contribution in [3.8, 4) is 5.75 Å². The van der Waals surface area contributed by atoms with E-state index >= 15 is 0 Å². The molecule has 70 valence electrons. The number of nitrogens with one attached hydrogen (secondary N) is 1. The molecule has 0 aliphatic rings. The van der Waals surface area contributed by atoms with Gasteiger partial charge in [-0.05, 0) is 24.6 Å². The molecule has 3 nitrogen and oxygen atoms in total. The largest absolute Gasteiger partial charge is 0.497 e. The summed E-state index contributed by atoms with van der Waals surface area (Å²) in [6, 6.07) is 7.90. The van der Waals surface area contributed by atoms with Gasteiger partial charge in [-0.2, -0.15) is 5.10 Å². The minimum atomic E-state index is 0.724. The van der Waals surface area contributed by atoms with Gasteiger partial charge in [0.05, 0.1) is 13.7 Å². The monoisotopic (exact) mass is 178 g/mol. The number of hydrogen-bond acceptors (Lipinski definition) is 3. The number of benzene rings is 1. The fourth-order valence-corrected chi connectivity index (χ4v) is 1.01. The Morgan fingerprint density at radius 3 is 3.08 bits per heavy atom. The second-order valence-corrected chi connectivity index (χ2v) is 2.57. The molecule has 0 amide bonds. The molecule has 0 aliphatic heterocycles. The zero-order valence-corrected chi connectivity index (χ0v) is 7.95. The molecule has 0 spiro atoms. The third-order valence-electron chi connectivity index (χ3n) is 1.64. The molecular weight excluding hydrogens is 164 g/mol. The fraction of sp³-hybridized carbons (Fsp3) is 0.300. The SMILES string of the molecule is C/C=N\NCc1cccc(OC)c1. The van der Waals surface area contributed by atoms with Crippen molar-refractivity contribution in [1.82, 2.24) is 5.43 Å². The van der Waals surface area contributed by atoms with E-state index in [2.05, 4.69) is 10.5 Å². The normalized spacial score (nSPS) is 10.3. The highest BCUT2D eigenvalue weighted by Gasteiger charge is 1.93. The second-order valence-electron chi connectivity index (χ2n) is 2.57. The number of ether oxygens (including phenoxy) is 1. The molecule has 0 unspecified atom stereocenters. The average Bonchev–Trinajstić information content (AvgIpc) is 2.19. The summed E-state index contributed by atoms with van der Waals surface area (Å²) in [6.45, 7) is 2.60. The van der Waals surface area contributed by atoms with Gasteiger partial charge in [0, 0.05) is 6.21 Å². The van der Waals surface area contributed by atoms with Crippen LogP contribution in [0.1, 0.15) is 12.5 Å². The van der Waals surface area contributed by atoms with E-state index in [9.17, 15) is 0 Å². The van der Waals surface area contributed by atoms with E-state index < -0.39 is 0 Å². The van der Waals surface area contributed by atoms with Crippen molar-refractivity contribution in [2.24, 2.45) is 5.10 Å². The summed E-state index contributed by atoms with van der Waals surface area (Å²) < 4.78 is 5.09. The number of nitrogens with zero attached hydrogens (tertiary/aromatic N) is 1. The maximum atomic E-state index is 5.09. The van der Waals surface area contributed by atoms with Gasteiger partial charge >= 0.3 is 0 Å². The molecule has 13 heavy (non-hydrogen) atoms. The minimum Gasteiger partial charge on any atom is -0.497 e. The van der Waals surface area contributed by atoms with E-state index in [1.54, 1.807) is 13.3 Å². The van der Waals surface area contributed by atoms with E-state index in [4.69, 9.17) is 4.74 Å². The van der Waals surface area contributed by atoms with Crippen molar-refractivity contribution in [2.75, 3.05) is 7.11 Å². The van der Waals surface area contributed by atoms with Crippen molar-refractivity contribution in [3.05, 3.63) is 29.8 Å². The Hall–Kier alpha value is -1.51. The topological polar surface area (TPSA) is 33.6 Å². The third kappa shape index (κ3) is 3.15. The Morgan fingerprint density at radius 1 is 1.54 bits per heavy atom. The molecule has 3 heteroatoms. The molecule has 0 aliphatic carbocycles. The summed E-state index contributed by atoms with van der Waals surface area (Å²) in [5.74, 6) is 0.875. The molecule has 1 aromatic rings. The first kappa shape index (κ1) is 9.58. The first-order valence-corrected chi connectivity index (χ1v) is 4.20. The summed E-state index contributed by atoms with van der Waals surface area (Å²) in [5.41, 5.74) is 4.07. The zero-order chi connectivity index (χ0) is 9.52. The lowest BCUT2D eigenvalue weighted by Crippen LogP contribution is -2.04. The van der Waals surface area contributed by atoms with E-state index in [0.29, 0.717) is 0 Å². The second kappa shape index (κ2) is 5.19. The van der Waals surface area contributed by atoms with Gasteiger partial charge in [0.15, 0.2) is 0 Å². The zero-order valence-electron chi connectivity index (χ0n) is 7.95. The van der Waals surface area contributed by atoms with Crippen molar-refractivity contribution in [3.63, 3.8) is 0 Å². The Balaban J connectivity index is 2.56. The van der Waals surface area contributed by atoms with Crippen LogP contribution in [0, 0.1) is 0 Å². The van der Waals surface area contributed by atoms with Crippen LogP contribution in [0.5, 0.6) is 5.75 Å². The highest BCUT2D eigenvalue weighted by molar-refractivity contribution is 5.52. The molecule has 0 aromatic heterocycles. The summed E-state index contributed by atoms with van der Waals surface area (Å²) in [5, 5.41) is 3.91. The molecule has 0 bridgehead atoms. The Morgan fingerprint density at radius 2 is 2.38 bits per heavy atom. The molecule has 0 radical (unpaired) electrons. The van der Waals surface area contributed by atoms with Crippen LogP contribution in [-0.2, 0) is 6.54 Å². The molecular formula is C10H14N2O. The maximum Gasteiger partial charge on any atom is 0.119 e. The molecule has 0 heterocycles. The lowest BCUT2D eigenvalue weighted by molar-refractivity contribution is 0.414. The molecule has 0 fully saturated rings. The van der Waals surface area contributed by atoms with Crippen LogP contribution in [-0.4, -0.2) is 13.3 Å². The van der Waals surface area contributed by atoms with Gasteiger partial charge in [-0.3, -0.25) is 0 Å². The first-order valence-electron chi connectivity index (χ1n) is 4.20. The van der Waals surface area contributed by atoms with Crippen molar-refractivity contribution >= 4 is 6.21 Å². The summed E-state index contributed by atoms with van der Waals surface area (Å²) in [6.07, 6.45) is 1.72. The van der Waals surface area contributed by atoms with E-state index in [1.165, 1.54) is 0 Å².